The van der Waals surface area contributed by atoms with Gasteiger partial charge in [-0.3, -0.25) is 4.79 Å². The molecule has 3 rings (SSSR count). The number of benzene rings is 3. The van der Waals surface area contributed by atoms with E-state index in [-0.39, 0.29) is 0 Å². The molecule has 0 saturated carbocycles. The number of nitrogens with two attached hydrogens (primary N) is 1. The number of carbonyl (C=O) groups is 1. The smallest absolute Gasteiger partial charge is 0.222 e. The highest BCUT2D eigenvalue weighted by molar-refractivity contribution is 8.00. The van der Waals surface area contributed by atoms with Crippen molar-refractivity contribution in [1.29, 1.82) is 0 Å². The van der Waals surface area contributed by atoms with Gasteiger partial charge in [0.2, 0.25) is 5.91 Å². The summed E-state index contributed by atoms with van der Waals surface area (Å²) in [4.78, 5) is 11.2. The van der Waals surface area contributed by atoms with Crippen LogP contribution in [0.25, 0.3) is 0 Å². The van der Waals surface area contributed by atoms with E-state index < -0.39 is 10.7 Å². The van der Waals surface area contributed by atoms with Crippen molar-refractivity contribution < 1.29 is 4.79 Å². The van der Waals surface area contributed by atoms with E-state index in [2.05, 4.69) is 36.4 Å². The molecule has 0 aliphatic carbocycles. The van der Waals surface area contributed by atoms with Crippen molar-refractivity contribution >= 4 is 17.7 Å². The molecule has 0 aliphatic rings. The predicted molar refractivity (Wildman–Crippen MR) is 105 cm³/mol. The van der Waals surface area contributed by atoms with Crippen LogP contribution in [0.3, 0.4) is 0 Å². The molecule has 2 nitrogen and oxygen atoms in total. The normalized spacial score (nSPS) is 11.2. The molecule has 0 spiro atoms. The lowest BCUT2D eigenvalue weighted by atomic mass is 9.84. The van der Waals surface area contributed by atoms with E-state index in [4.69, 9.17) is 5.73 Å². The third kappa shape index (κ3) is 3.77. The molecule has 0 unspecified atom stereocenters. The maximum Gasteiger partial charge on any atom is 0.222 e. The number of primary amides is 1. The summed E-state index contributed by atoms with van der Waals surface area (Å²) in [6.07, 6.45) is 1.54. The first kappa shape index (κ1) is 17.3. The van der Waals surface area contributed by atoms with Gasteiger partial charge in [-0.2, -0.15) is 0 Å². The minimum atomic E-state index is -0.407. The molecule has 0 aliphatic heterocycles. The Hall–Kier alpha value is -2.52. The molecule has 2 N–H and O–H groups in total. The van der Waals surface area contributed by atoms with E-state index >= 15 is 0 Å². The van der Waals surface area contributed by atoms with Crippen LogP contribution >= 0.6 is 11.8 Å². The Kier molecular flexibility index (Phi) is 5.56. The van der Waals surface area contributed by atoms with Crippen molar-refractivity contribution in [3.63, 3.8) is 0 Å². The molecule has 0 atom stereocenters. The van der Waals surface area contributed by atoms with Crippen LogP contribution < -0.4 is 5.73 Å². The van der Waals surface area contributed by atoms with Crippen molar-refractivity contribution in [2.24, 2.45) is 5.73 Å². The second-order valence-electron chi connectivity index (χ2n) is 5.70. The van der Waals surface area contributed by atoms with Crippen molar-refractivity contribution in [3.05, 3.63) is 114 Å². The van der Waals surface area contributed by atoms with Crippen molar-refractivity contribution in [3.8, 4) is 0 Å². The Bertz CT molecular complexity index is 707. The van der Waals surface area contributed by atoms with Gasteiger partial charge < -0.3 is 5.73 Å². The molecule has 3 aromatic rings. The summed E-state index contributed by atoms with van der Waals surface area (Å²) >= 11 is 1.70. The van der Waals surface area contributed by atoms with E-state index in [1.807, 2.05) is 54.6 Å². The number of amides is 1. The predicted octanol–water partition coefficient (Wildman–Crippen LogP) is 4.40. The molecule has 0 aromatic heterocycles. The zero-order valence-corrected chi connectivity index (χ0v) is 14.7. The fraction of sp³-hybridized carbons (Fsp3) is 0.0909. The average molecular weight is 346 g/mol. The minimum absolute atomic E-state index is 0.393. The monoisotopic (exact) mass is 346 g/mol. The van der Waals surface area contributed by atoms with E-state index in [0.29, 0.717) is 5.75 Å². The summed E-state index contributed by atoms with van der Waals surface area (Å²) in [6, 6.07) is 31.2. The second kappa shape index (κ2) is 8.04. The zero-order chi connectivity index (χ0) is 17.5. The van der Waals surface area contributed by atoms with Crippen LogP contribution in [0.15, 0.2) is 91.0 Å². The molecule has 0 saturated heterocycles. The Morgan fingerprint density at radius 3 is 1.44 bits per heavy atom. The summed E-state index contributed by atoms with van der Waals surface area (Å²) in [6.45, 7) is 0. The molecule has 0 bridgehead atoms. The molecule has 1 amide bonds. The van der Waals surface area contributed by atoms with E-state index in [9.17, 15) is 4.79 Å². The fourth-order valence-electron chi connectivity index (χ4n) is 3.02. The zero-order valence-electron chi connectivity index (χ0n) is 13.8. The Balaban J connectivity index is 2.18. The van der Waals surface area contributed by atoms with Crippen molar-refractivity contribution in [1.82, 2.24) is 0 Å². The van der Waals surface area contributed by atoms with Gasteiger partial charge in [-0.15, -0.1) is 11.8 Å². The molecule has 125 valence electrons. The van der Waals surface area contributed by atoms with Gasteiger partial charge in [0.25, 0.3) is 0 Å². The van der Waals surface area contributed by atoms with Gasteiger partial charge >= 0.3 is 0 Å². The maximum absolute atomic E-state index is 11.2. The summed E-state index contributed by atoms with van der Waals surface area (Å²) < 4.78 is -0.407. The van der Waals surface area contributed by atoms with Crippen LogP contribution in [0.5, 0.6) is 0 Å². The minimum Gasteiger partial charge on any atom is -0.369 e. The number of carbonyl (C=O) groups excluding carboxylic acids is 1. The van der Waals surface area contributed by atoms with Gasteiger partial charge in [0.1, 0.15) is 0 Å². The highest BCUT2D eigenvalue weighted by Gasteiger charge is 2.36. The van der Waals surface area contributed by atoms with Crippen LogP contribution in [0, 0.1) is 6.42 Å². The van der Waals surface area contributed by atoms with Crippen LogP contribution in [0.1, 0.15) is 16.7 Å². The van der Waals surface area contributed by atoms with Crippen molar-refractivity contribution in [2.45, 2.75) is 4.75 Å². The molecule has 3 aromatic carbocycles. The average Bonchev–Trinajstić information content (AvgIpc) is 2.67. The fourth-order valence-corrected chi connectivity index (χ4v) is 4.42. The SMILES string of the molecule is NC(=O)[CH]CSC(c1ccccc1)(c1ccccc1)c1ccccc1. The largest absolute Gasteiger partial charge is 0.369 e. The van der Waals surface area contributed by atoms with E-state index in [1.54, 1.807) is 11.8 Å². The standard InChI is InChI=1S/C22H20NOS/c23-21(24)16-17-25-22(18-10-4-1-5-11-18,19-12-6-2-7-13-19)20-14-8-3-9-15-20/h1-16H,17H2,(H2,23,24). The lowest BCUT2D eigenvalue weighted by Gasteiger charge is -2.35. The molecule has 0 heterocycles. The third-order valence-electron chi connectivity index (χ3n) is 4.13. The number of thioether (sulfide) groups is 1. The topological polar surface area (TPSA) is 43.1 Å². The van der Waals surface area contributed by atoms with Crippen LogP contribution in [-0.4, -0.2) is 11.7 Å². The summed E-state index contributed by atoms with van der Waals surface area (Å²) in [7, 11) is 0. The molecule has 3 heteroatoms. The maximum atomic E-state index is 11.2. The van der Waals surface area contributed by atoms with Crippen LogP contribution in [0.4, 0.5) is 0 Å². The van der Waals surface area contributed by atoms with Gasteiger partial charge in [-0.05, 0) is 16.7 Å². The van der Waals surface area contributed by atoms with Gasteiger partial charge in [0.15, 0.2) is 0 Å². The first-order valence-electron chi connectivity index (χ1n) is 8.16. The lowest BCUT2D eigenvalue weighted by Crippen LogP contribution is -2.27. The van der Waals surface area contributed by atoms with E-state index in [0.717, 1.165) is 0 Å². The molecular weight excluding hydrogens is 326 g/mol. The Labute approximate surface area is 153 Å². The van der Waals surface area contributed by atoms with Crippen molar-refractivity contribution in [2.75, 3.05) is 5.75 Å². The first-order valence-corrected chi connectivity index (χ1v) is 9.15. The quantitative estimate of drug-likeness (QED) is 0.644. The highest BCUT2D eigenvalue weighted by atomic mass is 32.2. The third-order valence-corrected chi connectivity index (χ3v) is 5.60. The van der Waals surface area contributed by atoms with Gasteiger partial charge in [0, 0.05) is 5.75 Å². The van der Waals surface area contributed by atoms with Crippen LogP contribution in [0.2, 0.25) is 0 Å². The molecular formula is C22H20NOS. The van der Waals surface area contributed by atoms with Crippen LogP contribution in [-0.2, 0) is 9.54 Å². The number of hydrogen-bond donors (Lipinski definition) is 1. The lowest BCUT2D eigenvalue weighted by molar-refractivity contribution is -0.114. The molecule has 0 fully saturated rings. The number of hydrogen-bond acceptors (Lipinski definition) is 2. The Morgan fingerprint density at radius 2 is 1.12 bits per heavy atom. The van der Waals surface area contributed by atoms with Gasteiger partial charge in [0.05, 0.1) is 11.2 Å². The van der Waals surface area contributed by atoms with Gasteiger partial charge in [-0.1, -0.05) is 91.0 Å². The summed E-state index contributed by atoms with van der Waals surface area (Å²) in [5.41, 5.74) is 8.86. The Morgan fingerprint density at radius 1 is 0.760 bits per heavy atom. The first-order chi connectivity index (χ1) is 12.2. The summed E-state index contributed by atoms with van der Waals surface area (Å²) in [5.74, 6) is 0.143. The van der Waals surface area contributed by atoms with E-state index in [1.165, 1.54) is 23.1 Å². The molecule has 1 radical (unpaired) electrons. The highest BCUT2D eigenvalue weighted by Crippen LogP contribution is 2.48. The number of rotatable bonds is 7. The van der Waals surface area contributed by atoms with Gasteiger partial charge in [-0.25, -0.2) is 0 Å². The molecule has 25 heavy (non-hydrogen) atoms. The second-order valence-corrected chi connectivity index (χ2v) is 6.93. The summed E-state index contributed by atoms with van der Waals surface area (Å²) in [5, 5.41) is 0.